The first kappa shape index (κ1) is 18.0. The summed E-state index contributed by atoms with van der Waals surface area (Å²) in [6, 6.07) is 14.8. The van der Waals surface area contributed by atoms with Crippen LogP contribution in [0.4, 0.5) is 5.82 Å². The molecule has 1 aromatic carbocycles. The van der Waals surface area contributed by atoms with Crippen LogP contribution in [0.15, 0.2) is 48.8 Å². The van der Waals surface area contributed by atoms with Crippen LogP contribution < -0.4 is 9.64 Å². The Labute approximate surface area is 170 Å². The molecular formula is C23H24N4O2. The van der Waals surface area contributed by atoms with Crippen LogP contribution in [0.25, 0.3) is 10.9 Å². The third-order valence-electron chi connectivity index (χ3n) is 5.96. The molecule has 0 N–H and O–H groups in total. The molecule has 1 atom stereocenters. The van der Waals surface area contributed by atoms with Crippen molar-refractivity contribution in [1.29, 1.82) is 5.26 Å². The second kappa shape index (κ2) is 7.76. The number of rotatable bonds is 4. The lowest BCUT2D eigenvalue weighted by Crippen LogP contribution is -2.38. The van der Waals surface area contributed by atoms with Gasteiger partial charge in [-0.2, -0.15) is 5.26 Å². The molecule has 0 spiro atoms. The Morgan fingerprint density at radius 2 is 2.00 bits per heavy atom. The van der Waals surface area contributed by atoms with Crippen molar-refractivity contribution in [3.05, 3.63) is 54.4 Å². The number of hydrogen-bond donors (Lipinski definition) is 0. The van der Waals surface area contributed by atoms with E-state index in [2.05, 4.69) is 51.0 Å². The van der Waals surface area contributed by atoms with Gasteiger partial charge >= 0.3 is 0 Å². The molecule has 0 bridgehead atoms. The van der Waals surface area contributed by atoms with Crippen LogP contribution in [0.1, 0.15) is 30.9 Å². The van der Waals surface area contributed by atoms with Crippen molar-refractivity contribution >= 4 is 16.7 Å². The van der Waals surface area contributed by atoms with Gasteiger partial charge in [-0.15, -0.1) is 0 Å². The summed E-state index contributed by atoms with van der Waals surface area (Å²) in [5.41, 5.74) is 1.81. The average Bonchev–Trinajstić information content (AvgIpc) is 3.44. The highest BCUT2D eigenvalue weighted by Crippen LogP contribution is 2.32. The highest BCUT2D eigenvalue weighted by molar-refractivity contribution is 5.86. The Hall–Kier alpha value is -3.04. The Morgan fingerprint density at radius 1 is 1.10 bits per heavy atom. The number of aromatic nitrogens is 2. The van der Waals surface area contributed by atoms with Crippen molar-refractivity contribution in [3.63, 3.8) is 0 Å². The molecule has 3 aromatic rings. The molecule has 0 radical (unpaired) electrons. The summed E-state index contributed by atoms with van der Waals surface area (Å²) >= 11 is 0. The second-order valence-electron chi connectivity index (χ2n) is 7.75. The maximum atomic E-state index is 8.92. The first-order chi connectivity index (χ1) is 14.3. The predicted octanol–water partition coefficient (Wildman–Crippen LogP) is 3.92. The molecular weight excluding hydrogens is 364 g/mol. The van der Waals surface area contributed by atoms with E-state index >= 15 is 0 Å². The van der Waals surface area contributed by atoms with Crippen LogP contribution in [0, 0.1) is 11.3 Å². The molecule has 148 valence electrons. The molecule has 1 unspecified atom stereocenters. The van der Waals surface area contributed by atoms with Gasteiger partial charge in [0.15, 0.2) is 0 Å². The van der Waals surface area contributed by atoms with Gasteiger partial charge in [0.05, 0.1) is 23.7 Å². The van der Waals surface area contributed by atoms with E-state index in [0.717, 1.165) is 57.1 Å². The zero-order chi connectivity index (χ0) is 19.6. The van der Waals surface area contributed by atoms with Gasteiger partial charge in [-0.1, -0.05) is 6.07 Å². The number of nitrogens with zero attached hydrogens (tertiary/aromatic N) is 4. The molecule has 2 aliphatic heterocycles. The van der Waals surface area contributed by atoms with E-state index in [0.29, 0.717) is 11.6 Å². The minimum atomic E-state index is 0.202. The van der Waals surface area contributed by atoms with Crippen LogP contribution in [0.5, 0.6) is 5.75 Å². The Bertz CT molecular complexity index is 1020. The summed E-state index contributed by atoms with van der Waals surface area (Å²) in [6.07, 6.45) is 6.98. The zero-order valence-corrected chi connectivity index (χ0v) is 16.3. The van der Waals surface area contributed by atoms with Gasteiger partial charge in [-0.25, -0.2) is 4.98 Å². The summed E-state index contributed by atoms with van der Waals surface area (Å²) in [7, 11) is 0. The molecule has 29 heavy (non-hydrogen) atoms. The van der Waals surface area contributed by atoms with Crippen molar-refractivity contribution < 1.29 is 9.47 Å². The maximum Gasteiger partial charge on any atom is 0.129 e. The smallest absolute Gasteiger partial charge is 0.129 e. The van der Waals surface area contributed by atoms with Crippen LogP contribution >= 0.6 is 0 Å². The van der Waals surface area contributed by atoms with Gasteiger partial charge < -0.3 is 18.9 Å². The van der Waals surface area contributed by atoms with E-state index in [-0.39, 0.29) is 6.10 Å². The highest BCUT2D eigenvalue weighted by Gasteiger charge is 2.23. The number of hydrogen-bond acceptors (Lipinski definition) is 5. The minimum Gasteiger partial charge on any atom is -0.490 e. The third-order valence-corrected chi connectivity index (χ3v) is 5.96. The summed E-state index contributed by atoms with van der Waals surface area (Å²) in [5.74, 6) is 1.90. The van der Waals surface area contributed by atoms with Gasteiger partial charge in [0.25, 0.3) is 0 Å². The monoisotopic (exact) mass is 388 g/mol. The lowest BCUT2D eigenvalue weighted by molar-refractivity contribution is 0.173. The minimum absolute atomic E-state index is 0.202. The lowest BCUT2D eigenvalue weighted by Gasteiger charge is -2.33. The standard InChI is InChI=1S/C23H24N4O2/c24-14-17-4-5-23(25-15-17)26-10-6-19(7-11-26)29-22-3-1-2-21-20(22)8-12-27(21)18-9-13-28-16-18/h1-5,8,12,15,18-19H,6-7,9-11,13,16H2. The normalized spacial score (nSPS) is 20.1. The Morgan fingerprint density at radius 3 is 2.72 bits per heavy atom. The van der Waals surface area contributed by atoms with Crippen LogP contribution in [-0.2, 0) is 4.74 Å². The molecule has 6 heteroatoms. The van der Waals surface area contributed by atoms with Crippen molar-refractivity contribution in [2.45, 2.75) is 31.4 Å². The molecule has 0 aliphatic carbocycles. The highest BCUT2D eigenvalue weighted by atomic mass is 16.5. The van der Waals surface area contributed by atoms with Crippen molar-refractivity contribution in [1.82, 2.24) is 9.55 Å². The van der Waals surface area contributed by atoms with Crippen molar-refractivity contribution in [3.8, 4) is 11.8 Å². The van der Waals surface area contributed by atoms with Gasteiger partial charge in [-0.3, -0.25) is 0 Å². The number of ether oxygens (including phenoxy) is 2. The number of piperidine rings is 1. The largest absolute Gasteiger partial charge is 0.490 e. The molecule has 2 fully saturated rings. The zero-order valence-electron chi connectivity index (χ0n) is 16.3. The van der Waals surface area contributed by atoms with Gasteiger partial charge in [0.2, 0.25) is 0 Å². The third kappa shape index (κ3) is 3.54. The SMILES string of the molecule is N#Cc1ccc(N2CCC(Oc3cccc4c3ccn4C3CCOC3)CC2)nc1. The van der Waals surface area contributed by atoms with Crippen LogP contribution in [-0.4, -0.2) is 42.0 Å². The van der Waals surface area contributed by atoms with Gasteiger partial charge in [0.1, 0.15) is 23.7 Å². The molecule has 2 aromatic heterocycles. The quantitative estimate of drug-likeness (QED) is 0.678. The van der Waals surface area contributed by atoms with E-state index in [9.17, 15) is 0 Å². The van der Waals surface area contributed by atoms with E-state index in [1.165, 1.54) is 10.9 Å². The Balaban J connectivity index is 1.26. The predicted molar refractivity (Wildman–Crippen MR) is 111 cm³/mol. The average molecular weight is 388 g/mol. The first-order valence-electron chi connectivity index (χ1n) is 10.3. The lowest BCUT2D eigenvalue weighted by atomic mass is 10.1. The van der Waals surface area contributed by atoms with Crippen LogP contribution in [0.3, 0.4) is 0 Å². The van der Waals surface area contributed by atoms with Crippen molar-refractivity contribution in [2.24, 2.45) is 0 Å². The number of nitriles is 1. The fourth-order valence-corrected chi connectivity index (χ4v) is 4.34. The fourth-order valence-electron chi connectivity index (χ4n) is 4.34. The number of fused-ring (bicyclic) bond motifs is 1. The van der Waals surface area contributed by atoms with E-state index in [1.54, 1.807) is 6.20 Å². The van der Waals surface area contributed by atoms with E-state index < -0.39 is 0 Å². The molecule has 2 aliphatic rings. The fraction of sp³-hybridized carbons (Fsp3) is 0.391. The topological polar surface area (TPSA) is 63.3 Å². The molecule has 2 saturated heterocycles. The number of anilines is 1. The van der Waals surface area contributed by atoms with E-state index in [4.69, 9.17) is 14.7 Å². The first-order valence-corrected chi connectivity index (χ1v) is 10.3. The summed E-state index contributed by atoms with van der Waals surface area (Å²) in [5, 5.41) is 10.1. The molecule has 6 nitrogen and oxygen atoms in total. The van der Waals surface area contributed by atoms with Gasteiger partial charge in [-0.05, 0) is 36.8 Å². The summed E-state index contributed by atoms with van der Waals surface area (Å²) in [4.78, 5) is 6.68. The van der Waals surface area contributed by atoms with Crippen LogP contribution in [0.2, 0.25) is 0 Å². The second-order valence-corrected chi connectivity index (χ2v) is 7.75. The van der Waals surface area contributed by atoms with Crippen molar-refractivity contribution in [2.75, 3.05) is 31.2 Å². The molecule has 0 saturated carbocycles. The maximum absolute atomic E-state index is 8.92. The molecule has 0 amide bonds. The van der Waals surface area contributed by atoms with E-state index in [1.807, 2.05) is 12.1 Å². The molecule has 4 heterocycles. The number of benzene rings is 1. The number of pyridine rings is 1. The molecule has 5 rings (SSSR count). The summed E-state index contributed by atoms with van der Waals surface area (Å²) < 4.78 is 14.3. The summed E-state index contributed by atoms with van der Waals surface area (Å²) in [6.45, 7) is 3.43. The van der Waals surface area contributed by atoms with Gasteiger partial charge in [0, 0.05) is 50.3 Å². The Kier molecular flexibility index (Phi) is 4.82.